The first kappa shape index (κ1) is 24.5. The molecule has 1 N–H and O–H groups in total. The lowest BCUT2D eigenvalue weighted by Gasteiger charge is -2.34. The van der Waals surface area contributed by atoms with E-state index in [-0.39, 0.29) is 36.7 Å². The number of carbonyl (C=O) groups is 3. The fourth-order valence-electron chi connectivity index (χ4n) is 5.00. The second-order valence-electron chi connectivity index (χ2n) is 9.24. The Morgan fingerprint density at radius 1 is 1.12 bits per heavy atom. The van der Waals surface area contributed by atoms with Gasteiger partial charge in [0, 0.05) is 42.9 Å². The van der Waals surface area contributed by atoms with Crippen LogP contribution in [-0.2, 0) is 27.2 Å². The molecule has 2 fully saturated rings. The molecule has 0 spiro atoms. The zero-order valence-electron chi connectivity index (χ0n) is 19.8. The third-order valence-electron chi connectivity index (χ3n) is 7.05. The largest absolute Gasteiger partial charge is 0.469 e. The Morgan fingerprint density at radius 2 is 1.85 bits per heavy atom. The molecule has 9 nitrogen and oxygen atoms in total. The number of rotatable bonds is 5. The number of hydrogen-bond donors (Lipinski definition) is 1. The summed E-state index contributed by atoms with van der Waals surface area (Å²) < 4.78 is 10.0. The molecule has 10 heteroatoms. The number of aromatic nitrogens is 1. The van der Waals surface area contributed by atoms with Crippen molar-refractivity contribution in [3.05, 3.63) is 28.2 Å². The Hall–Kier alpha value is -2.62. The van der Waals surface area contributed by atoms with Crippen LogP contribution < -0.4 is 5.32 Å². The predicted octanol–water partition coefficient (Wildman–Crippen LogP) is 3.44. The van der Waals surface area contributed by atoms with E-state index in [9.17, 15) is 14.4 Å². The summed E-state index contributed by atoms with van der Waals surface area (Å²) in [5.74, 6) is 0.162. The summed E-state index contributed by atoms with van der Waals surface area (Å²) in [6.07, 6.45) is 6.93. The van der Waals surface area contributed by atoms with E-state index in [0.717, 1.165) is 60.5 Å². The molecular weight excluding hydrogens is 456 g/mol. The van der Waals surface area contributed by atoms with Gasteiger partial charge in [0.05, 0.1) is 30.3 Å². The van der Waals surface area contributed by atoms with Crippen LogP contribution in [-0.4, -0.2) is 72.3 Å². The summed E-state index contributed by atoms with van der Waals surface area (Å²) in [6, 6.07) is 0.116. The average molecular weight is 491 g/mol. The lowest BCUT2D eigenvalue weighted by atomic mass is 9.86. The van der Waals surface area contributed by atoms with Gasteiger partial charge in [0.25, 0.3) is 0 Å². The molecule has 3 amide bonds. The van der Waals surface area contributed by atoms with Crippen LogP contribution in [0.25, 0.3) is 0 Å². The van der Waals surface area contributed by atoms with E-state index in [0.29, 0.717) is 32.1 Å². The standard InChI is InChI=1S/C24H34N4O5S/c1-3-14-33-24(31)28-13-10-19-20(15-28)34-21(26-19)16-8-11-27(12-9-16)23(30)25-18-6-4-17(5-7-18)22(29)32-2/h3,16-18H,1,4-15H2,2H3,(H,25,30)/t17-,18-. The molecule has 1 aromatic heterocycles. The molecule has 0 radical (unpaired) electrons. The first-order valence-electron chi connectivity index (χ1n) is 12.1. The van der Waals surface area contributed by atoms with Gasteiger partial charge in [-0.05, 0) is 38.5 Å². The summed E-state index contributed by atoms with van der Waals surface area (Å²) in [5, 5.41) is 4.27. The van der Waals surface area contributed by atoms with Gasteiger partial charge >= 0.3 is 18.1 Å². The molecular formula is C24H34N4O5S. The van der Waals surface area contributed by atoms with E-state index in [4.69, 9.17) is 14.5 Å². The molecule has 0 unspecified atom stereocenters. The van der Waals surface area contributed by atoms with Crippen molar-refractivity contribution < 1.29 is 23.9 Å². The highest BCUT2D eigenvalue weighted by molar-refractivity contribution is 7.11. The van der Waals surface area contributed by atoms with E-state index in [1.54, 1.807) is 22.3 Å². The number of nitrogens with one attached hydrogen (secondary N) is 1. The molecule has 4 rings (SSSR count). The molecule has 0 bridgehead atoms. The Labute approximate surface area is 204 Å². The summed E-state index contributed by atoms with van der Waals surface area (Å²) in [5.41, 5.74) is 1.09. The molecule has 1 saturated carbocycles. The minimum atomic E-state index is -0.307. The number of thiazole rings is 1. The molecule has 186 valence electrons. The number of methoxy groups -OCH3 is 1. The maximum Gasteiger partial charge on any atom is 0.410 e. The van der Waals surface area contributed by atoms with Crippen molar-refractivity contribution in [1.29, 1.82) is 0 Å². The number of piperidine rings is 1. The van der Waals surface area contributed by atoms with E-state index >= 15 is 0 Å². The zero-order valence-corrected chi connectivity index (χ0v) is 20.6. The van der Waals surface area contributed by atoms with Gasteiger partial charge in [0.15, 0.2) is 0 Å². The maximum atomic E-state index is 12.8. The van der Waals surface area contributed by atoms with Crippen LogP contribution in [0.4, 0.5) is 9.59 Å². The number of fused-ring (bicyclic) bond motifs is 1. The monoisotopic (exact) mass is 490 g/mol. The lowest BCUT2D eigenvalue weighted by Crippen LogP contribution is -2.48. The van der Waals surface area contributed by atoms with E-state index in [1.165, 1.54) is 7.11 Å². The number of amides is 3. The molecule has 1 saturated heterocycles. The third-order valence-corrected chi connectivity index (χ3v) is 8.30. The van der Waals surface area contributed by atoms with E-state index in [2.05, 4.69) is 11.9 Å². The highest BCUT2D eigenvalue weighted by atomic mass is 32.1. The van der Waals surface area contributed by atoms with Crippen molar-refractivity contribution in [2.45, 2.75) is 63.5 Å². The Kier molecular flexibility index (Phi) is 8.07. The second kappa shape index (κ2) is 11.2. The number of ether oxygens (including phenoxy) is 2. The molecule has 2 aliphatic heterocycles. The summed E-state index contributed by atoms with van der Waals surface area (Å²) in [6.45, 7) is 6.37. The van der Waals surface area contributed by atoms with Crippen molar-refractivity contribution in [1.82, 2.24) is 20.1 Å². The number of hydrogen-bond acceptors (Lipinski definition) is 7. The van der Waals surface area contributed by atoms with Crippen molar-refractivity contribution >= 4 is 29.4 Å². The first-order chi connectivity index (χ1) is 16.5. The Bertz CT molecular complexity index is 903. The van der Waals surface area contributed by atoms with Gasteiger partial charge in [-0.2, -0.15) is 0 Å². The van der Waals surface area contributed by atoms with Gasteiger partial charge in [0.2, 0.25) is 0 Å². The molecule has 3 aliphatic rings. The molecule has 1 aliphatic carbocycles. The maximum absolute atomic E-state index is 12.8. The van der Waals surface area contributed by atoms with Crippen LogP contribution in [0.2, 0.25) is 0 Å². The number of urea groups is 1. The topological polar surface area (TPSA) is 101 Å². The zero-order chi connectivity index (χ0) is 24.1. The lowest BCUT2D eigenvalue weighted by molar-refractivity contribution is -0.146. The van der Waals surface area contributed by atoms with Gasteiger partial charge in [-0.1, -0.05) is 12.7 Å². The number of carbonyl (C=O) groups excluding carboxylic acids is 3. The highest BCUT2D eigenvalue weighted by Crippen LogP contribution is 2.35. The van der Waals surface area contributed by atoms with Crippen molar-refractivity contribution in [2.24, 2.45) is 5.92 Å². The quantitative estimate of drug-likeness (QED) is 0.501. The first-order valence-corrected chi connectivity index (χ1v) is 12.9. The molecule has 0 atom stereocenters. The third kappa shape index (κ3) is 5.71. The predicted molar refractivity (Wildman–Crippen MR) is 128 cm³/mol. The van der Waals surface area contributed by atoms with E-state index in [1.807, 2.05) is 4.90 Å². The number of likely N-dealkylation sites (tertiary alicyclic amines) is 1. The minimum Gasteiger partial charge on any atom is -0.469 e. The normalized spacial score (nSPS) is 23.1. The molecule has 0 aromatic carbocycles. The Morgan fingerprint density at radius 3 is 2.53 bits per heavy atom. The number of esters is 1. The van der Waals surface area contributed by atoms with Gasteiger partial charge in [-0.15, -0.1) is 11.3 Å². The van der Waals surface area contributed by atoms with Crippen LogP contribution >= 0.6 is 11.3 Å². The summed E-state index contributed by atoms with van der Waals surface area (Å²) in [7, 11) is 1.43. The van der Waals surface area contributed by atoms with Crippen LogP contribution in [0.3, 0.4) is 0 Å². The smallest absolute Gasteiger partial charge is 0.410 e. The summed E-state index contributed by atoms with van der Waals surface area (Å²) in [4.78, 5) is 46.3. The molecule has 3 heterocycles. The number of nitrogens with zero attached hydrogens (tertiary/aromatic N) is 3. The summed E-state index contributed by atoms with van der Waals surface area (Å²) >= 11 is 1.69. The van der Waals surface area contributed by atoms with Crippen LogP contribution in [0, 0.1) is 5.92 Å². The SMILES string of the molecule is C=CCOC(=O)N1CCc2nc(C3CCN(C(=O)N[C@H]4CC[C@H](C(=O)OC)CC4)CC3)sc2C1. The highest BCUT2D eigenvalue weighted by Gasteiger charge is 2.32. The second-order valence-corrected chi connectivity index (χ2v) is 10.4. The van der Waals surface area contributed by atoms with Gasteiger partial charge in [-0.25, -0.2) is 14.6 Å². The molecule has 1 aromatic rings. The van der Waals surface area contributed by atoms with Crippen LogP contribution in [0.5, 0.6) is 0 Å². The average Bonchev–Trinajstić information content (AvgIpc) is 3.31. The van der Waals surface area contributed by atoms with Crippen molar-refractivity contribution in [3.63, 3.8) is 0 Å². The van der Waals surface area contributed by atoms with Gasteiger partial charge < -0.3 is 24.6 Å². The van der Waals surface area contributed by atoms with Crippen LogP contribution in [0.15, 0.2) is 12.7 Å². The minimum absolute atomic E-state index is 0.00733. The molecule has 34 heavy (non-hydrogen) atoms. The van der Waals surface area contributed by atoms with Gasteiger partial charge in [-0.3, -0.25) is 4.79 Å². The van der Waals surface area contributed by atoms with Crippen molar-refractivity contribution in [2.75, 3.05) is 33.4 Å². The fraction of sp³-hybridized carbons (Fsp3) is 0.667. The van der Waals surface area contributed by atoms with E-state index < -0.39 is 0 Å². The van der Waals surface area contributed by atoms with Gasteiger partial charge in [0.1, 0.15) is 6.61 Å². The van der Waals surface area contributed by atoms with Crippen molar-refractivity contribution in [3.8, 4) is 0 Å². The fourth-order valence-corrected chi connectivity index (χ4v) is 6.30. The Balaban J connectivity index is 1.23. The van der Waals surface area contributed by atoms with Crippen LogP contribution in [0.1, 0.15) is 60.0 Å².